The molecule has 0 amide bonds. The molecule has 0 bridgehead atoms. The number of rotatable bonds is 5. The summed E-state index contributed by atoms with van der Waals surface area (Å²) < 4.78 is 15.1. The summed E-state index contributed by atoms with van der Waals surface area (Å²) >= 11 is 0. The summed E-state index contributed by atoms with van der Waals surface area (Å²) in [5.41, 5.74) is 14.6. The smallest absolute Gasteiger partial charge is 0.364 e. The van der Waals surface area contributed by atoms with Crippen molar-refractivity contribution in [1.29, 1.82) is 0 Å². The number of fused-ring (bicyclic) bond motifs is 18. The molecule has 2 aliphatic heterocycles. The summed E-state index contributed by atoms with van der Waals surface area (Å²) in [6, 6.07) is 58.4. The van der Waals surface area contributed by atoms with Gasteiger partial charge in [-0.15, -0.1) is 9.13 Å². The van der Waals surface area contributed by atoms with Crippen LogP contribution in [0.3, 0.4) is 0 Å². The van der Waals surface area contributed by atoms with Gasteiger partial charge in [-0.2, -0.15) is 4.57 Å². The average Bonchev–Trinajstić information content (AvgIpc) is 3.96. The van der Waals surface area contributed by atoms with Crippen LogP contribution in [0.15, 0.2) is 168 Å². The molecule has 4 nitrogen and oxygen atoms in total. The maximum absolute atomic E-state index is 7.13. The Morgan fingerprint density at radius 3 is 2.19 bits per heavy atom. The molecule has 7 aromatic carbocycles. The average molecular weight is 780 g/mol. The number of imidazole rings is 1. The summed E-state index contributed by atoms with van der Waals surface area (Å²) in [5, 5.41) is 6.23. The van der Waals surface area contributed by atoms with Gasteiger partial charge >= 0.3 is 11.5 Å². The minimum atomic E-state index is -1.85. The molecule has 0 saturated heterocycles. The quantitative estimate of drug-likeness (QED) is 0.126. The van der Waals surface area contributed by atoms with E-state index in [-0.39, 0.29) is 0 Å². The molecule has 1 atom stereocenters. The van der Waals surface area contributed by atoms with Crippen molar-refractivity contribution in [2.75, 3.05) is 0 Å². The molecule has 0 radical (unpaired) electrons. The van der Waals surface area contributed by atoms with Gasteiger partial charge in [-0.1, -0.05) is 131 Å². The molecule has 5 heteroatoms. The van der Waals surface area contributed by atoms with Crippen LogP contribution in [0.4, 0.5) is 0 Å². The van der Waals surface area contributed by atoms with E-state index in [2.05, 4.69) is 211 Å². The molecular formula is C54H45N3OSi+2. The van der Waals surface area contributed by atoms with Crippen LogP contribution in [0.2, 0.25) is 19.6 Å². The zero-order chi connectivity index (χ0) is 39.8. The number of nitrogens with zero attached hydrogens (tertiary/aromatic N) is 3. The number of pyridine rings is 1. The summed E-state index contributed by atoms with van der Waals surface area (Å²) in [6.07, 6.45) is 3.64. The van der Waals surface area contributed by atoms with E-state index in [0.717, 1.165) is 51.0 Å². The third-order valence-corrected chi connectivity index (χ3v) is 15.1. The highest BCUT2D eigenvalue weighted by Crippen LogP contribution is 2.53. The van der Waals surface area contributed by atoms with E-state index in [1.807, 2.05) is 0 Å². The first kappa shape index (κ1) is 34.5. The van der Waals surface area contributed by atoms with E-state index >= 15 is 0 Å². The summed E-state index contributed by atoms with van der Waals surface area (Å²) in [5.74, 6) is 1.66. The fraction of sp³-hybridized carbons (Fsp3) is 0.148. The van der Waals surface area contributed by atoms with Crippen molar-refractivity contribution in [2.45, 2.75) is 45.6 Å². The maximum atomic E-state index is 7.13. The minimum Gasteiger partial charge on any atom is -0.455 e. The van der Waals surface area contributed by atoms with Gasteiger partial charge in [-0.3, -0.25) is 0 Å². The monoisotopic (exact) mass is 779 g/mol. The van der Waals surface area contributed by atoms with E-state index in [4.69, 9.17) is 4.42 Å². The normalized spacial score (nSPS) is 15.5. The lowest BCUT2D eigenvalue weighted by molar-refractivity contribution is -0.944. The van der Waals surface area contributed by atoms with Crippen molar-refractivity contribution < 1.29 is 13.6 Å². The van der Waals surface area contributed by atoms with Crippen LogP contribution in [0, 0.1) is 5.92 Å². The highest BCUT2D eigenvalue weighted by molar-refractivity contribution is 6.89. The second kappa shape index (κ2) is 12.2. The molecule has 2 aliphatic rings. The van der Waals surface area contributed by atoms with E-state index in [0.29, 0.717) is 5.92 Å². The fourth-order valence-corrected chi connectivity index (χ4v) is 12.4. The van der Waals surface area contributed by atoms with Gasteiger partial charge in [0.2, 0.25) is 5.69 Å². The standard InChI is InChI=1S/C54H45N3OSi/c1-34(2)31-37-32-47-42-23-11-14-24-43(42)54(55(47)33-49(37)59(3,4)5)44-29-28-41-40-22-13-16-26-48(40)58-52(41)50(44)53-56(45-25-15-12-20-38(45)35-17-7-6-8-18-35)46-30-27-36-19-9-10-21-39(36)51(46)57(53)54/h6-30,32-34H,31H2,1-5H3/q+2. The van der Waals surface area contributed by atoms with Crippen LogP contribution < -0.4 is 14.3 Å². The first-order valence-corrected chi connectivity index (χ1v) is 24.5. The molecular weight excluding hydrogens is 735 g/mol. The van der Waals surface area contributed by atoms with E-state index < -0.39 is 13.7 Å². The van der Waals surface area contributed by atoms with Gasteiger partial charge in [0.1, 0.15) is 16.8 Å². The summed E-state index contributed by atoms with van der Waals surface area (Å²) in [7, 11) is -1.85. The third kappa shape index (κ3) is 4.59. The Bertz CT molecular complexity index is 3380. The molecule has 10 aromatic rings. The molecule has 0 N–H and O–H groups in total. The van der Waals surface area contributed by atoms with Gasteiger partial charge in [-0.05, 0) is 83.4 Å². The molecule has 284 valence electrons. The second-order valence-electron chi connectivity index (χ2n) is 18.0. The van der Waals surface area contributed by atoms with Crippen LogP contribution in [0.5, 0.6) is 0 Å². The number of benzene rings is 7. The maximum Gasteiger partial charge on any atom is 0.364 e. The number of hydrogen-bond donors (Lipinski definition) is 0. The van der Waals surface area contributed by atoms with Gasteiger partial charge < -0.3 is 4.42 Å². The zero-order valence-electron chi connectivity index (χ0n) is 34.1. The van der Waals surface area contributed by atoms with Crippen LogP contribution in [-0.4, -0.2) is 12.6 Å². The number of furan rings is 1. The SMILES string of the molecule is CC(C)Cc1cc2[n+](cc1[Si](C)(C)C)C1(c3ccccc3-2)c2ccc3c(oc4ccccc43)c2-c2n(-c3ccccc3-c3ccccc3)c3ccc4ccccc4c3[n+]21. The van der Waals surface area contributed by atoms with Gasteiger partial charge in [0.25, 0.3) is 0 Å². The highest BCUT2D eigenvalue weighted by Gasteiger charge is 2.67. The van der Waals surface area contributed by atoms with E-state index in [9.17, 15) is 0 Å². The van der Waals surface area contributed by atoms with E-state index in [1.54, 1.807) is 0 Å². The Morgan fingerprint density at radius 1 is 0.661 bits per heavy atom. The Kier molecular flexibility index (Phi) is 7.15. The lowest BCUT2D eigenvalue weighted by Gasteiger charge is -2.24. The lowest BCUT2D eigenvalue weighted by Crippen LogP contribution is -2.72. The van der Waals surface area contributed by atoms with Crippen LogP contribution in [0.1, 0.15) is 30.5 Å². The number of para-hydroxylation sites is 2. The first-order chi connectivity index (χ1) is 28.7. The molecule has 0 fully saturated rings. The number of hydrogen-bond acceptors (Lipinski definition) is 1. The molecule has 1 spiro atoms. The minimum absolute atomic E-state index is 0.544. The molecule has 1 unspecified atom stereocenters. The molecule has 0 saturated carbocycles. The van der Waals surface area contributed by atoms with Gasteiger partial charge in [0.05, 0.1) is 24.8 Å². The Morgan fingerprint density at radius 2 is 1.37 bits per heavy atom. The number of aromatic nitrogens is 3. The van der Waals surface area contributed by atoms with Crippen molar-refractivity contribution in [3.63, 3.8) is 0 Å². The lowest BCUT2D eigenvalue weighted by atomic mass is 9.88. The second-order valence-corrected chi connectivity index (χ2v) is 23.1. The summed E-state index contributed by atoms with van der Waals surface area (Å²) in [4.78, 5) is 0. The first-order valence-electron chi connectivity index (χ1n) is 21.0. The predicted octanol–water partition coefficient (Wildman–Crippen LogP) is 11.9. The molecule has 0 aliphatic carbocycles. The molecule has 59 heavy (non-hydrogen) atoms. The van der Waals surface area contributed by atoms with Crippen LogP contribution >= 0.6 is 0 Å². The highest BCUT2D eigenvalue weighted by atomic mass is 28.3. The van der Waals surface area contributed by atoms with Gasteiger partial charge in [0, 0.05) is 33.0 Å². The zero-order valence-corrected chi connectivity index (χ0v) is 35.1. The van der Waals surface area contributed by atoms with Gasteiger partial charge in [0.15, 0.2) is 22.8 Å². The van der Waals surface area contributed by atoms with Crippen molar-refractivity contribution in [3.05, 3.63) is 181 Å². The summed E-state index contributed by atoms with van der Waals surface area (Å²) in [6.45, 7) is 12.2. The van der Waals surface area contributed by atoms with Crippen LogP contribution in [-0.2, 0) is 12.1 Å². The Hall–Kier alpha value is -6.56. The van der Waals surface area contributed by atoms with Crippen molar-refractivity contribution in [1.82, 2.24) is 4.57 Å². The van der Waals surface area contributed by atoms with E-state index in [1.165, 1.54) is 60.6 Å². The molecule has 5 heterocycles. The largest absolute Gasteiger partial charge is 0.455 e. The third-order valence-electron chi connectivity index (χ3n) is 13.0. The topological polar surface area (TPSA) is 25.8 Å². The van der Waals surface area contributed by atoms with Crippen LogP contribution in [0.25, 0.3) is 83.2 Å². The fourth-order valence-electron chi connectivity index (χ4n) is 10.7. The van der Waals surface area contributed by atoms with Crippen molar-refractivity contribution >= 4 is 57.0 Å². The van der Waals surface area contributed by atoms with Gasteiger partial charge in [-0.25, -0.2) is 0 Å². The van der Waals surface area contributed by atoms with Crippen molar-refractivity contribution in [2.24, 2.45) is 5.92 Å². The predicted molar refractivity (Wildman–Crippen MR) is 244 cm³/mol. The molecule has 12 rings (SSSR count). The molecule has 3 aromatic heterocycles. The Balaban J connectivity index is 1.35. The van der Waals surface area contributed by atoms with Crippen molar-refractivity contribution in [3.8, 4) is 39.5 Å². The Labute approximate surface area is 345 Å².